The smallest absolute Gasteiger partial charge is 0.340 e. The van der Waals surface area contributed by atoms with Crippen LogP contribution in [0.3, 0.4) is 0 Å². The normalized spacial score (nSPS) is 11.2. The van der Waals surface area contributed by atoms with Crippen molar-refractivity contribution in [2.24, 2.45) is 0 Å². The van der Waals surface area contributed by atoms with Crippen LogP contribution in [-0.2, 0) is 0 Å². The average Bonchev–Trinajstić information content (AvgIpc) is 2.85. The van der Waals surface area contributed by atoms with Gasteiger partial charge in [-0.1, -0.05) is 18.2 Å². The molecule has 0 radical (unpaired) electrons. The molecule has 2 N–H and O–H groups in total. The van der Waals surface area contributed by atoms with Crippen LogP contribution in [0.25, 0.3) is 22.3 Å². The summed E-state index contributed by atoms with van der Waals surface area (Å²) >= 11 is 0. The summed E-state index contributed by atoms with van der Waals surface area (Å²) in [5, 5.41) is 8.15. The minimum Gasteiger partial charge on any atom is -0.474 e. The molecule has 1 aromatic carbocycles. The summed E-state index contributed by atoms with van der Waals surface area (Å²) in [5.74, 6) is 0.936. The van der Waals surface area contributed by atoms with Crippen LogP contribution >= 0.6 is 0 Å². The molecule has 0 unspecified atom stereocenters. The van der Waals surface area contributed by atoms with E-state index in [0.717, 1.165) is 10.8 Å². The molecule has 0 saturated carbocycles. The SMILES string of the molecule is CC(C)Oc1nc(-c2n[nH]c(=O)[nH]2)cc2ccccc12. The first-order chi connectivity index (χ1) is 9.63. The van der Waals surface area contributed by atoms with Gasteiger partial charge in [0, 0.05) is 5.39 Å². The van der Waals surface area contributed by atoms with E-state index in [4.69, 9.17) is 4.74 Å². The van der Waals surface area contributed by atoms with Gasteiger partial charge in [-0.15, -0.1) is 0 Å². The lowest BCUT2D eigenvalue weighted by molar-refractivity contribution is 0.236. The second-order valence-corrected chi connectivity index (χ2v) is 4.73. The van der Waals surface area contributed by atoms with E-state index in [1.807, 2.05) is 44.2 Å². The Morgan fingerprint density at radius 2 is 2.05 bits per heavy atom. The van der Waals surface area contributed by atoms with Crippen molar-refractivity contribution in [1.29, 1.82) is 0 Å². The van der Waals surface area contributed by atoms with Gasteiger partial charge in [0.1, 0.15) is 5.69 Å². The number of H-pyrrole nitrogens is 2. The number of nitrogens with one attached hydrogen (secondary N) is 2. The lowest BCUT2D eigenvalue weighted by Gasteiger charge is -2.12. The van der Waals surface area contributed by atoms with Gasteiger partial charge in [0.15, 0.2) is 5.82 Å². The van der Waals surface area contributed by atoms with Gasteiger partial charge in [-0.3, -0.25) is 4.98 Å². The van der Waals surface area contributed by atoms with Gasteiger partial charge in [0.2, 0.25) is 5.88 Å². The van der Waals surface area contributed by atoms with E-state index < -0.39 is 0 Å². The summed E-state index contributed by atoms with van der Waals surface area (Å²) in [7, 11) is 0. The number of benzene rings is 1. The minimum absolute atomic E-state index is 0.0133. The van der Waals surface area contributed by atoms with Gasteiger partial charge < -0.3 is 4.74 Å². The van der Waals surface area contributed by atoms with Crippen molar-refractivity contribution in [3.63, 3.8) is 0 Å². The summed E-state index contributed by atoms with van der Waals surface area (Å²) in [5.41, 5.74) is 0.207. The molecule has 0 amide bonds. The van der Waals surface area contributed by atoms with Crippen molar-refractivity contribution in [3.8, 4) is 17.4 Å². The predicted molar refractivity (Wildman–Crippen MR) is 75.7 cm³/mol. The van der Waals surface area contributed by atoms with E-state index in [9.17, 15) is 4.79 Å². The number of aromatic amines is 2. The van der Waals surface area contributed by atoms with Crippen molar-refractivity contribution in [1.82, 2.24) is 20.2 Å². The summed E-state index contributed by atoms with van der Waals surface area (Å²) < 4.78 is 5.76. The Balaban J connectivity index is 2.21. The largest absolute Gasteiger partial charge is 0.474 e. The molecular weight excluding hydrogens is 256 g/mol. The maximum atomic E-state index is 11.2. The summed E-state index contributed by atoms with van der Waals surface area (Å²) in [6.45, 7) is 3.89. The second-order valence-electron chi connectivity index (χ2n) is 4.73. The van der Waals surface area contributed by atoms with Crippen LogP contribution in [0.1, 0.15) is 13.8 Å². The fraction of sp³-hybridized carbons (Fsp3) is 0.214. The molecule has 0 aliphatic carbocycles. The molecule has 0 aliphatic heterocycles. The molecule has 0 bridgehead atoms. The Labute approximate surface area is 114 Å². The predicted octanol–water partition coefficient (Wildman–Crippen LogP) is 2.10. The number of ether oxygens (including phenoxy) is 1. The van der Waals surface area contributed by atoms with Gasteiger partial charge in [-0.25, -0.2) is 14.9 Å². The van der Waals surface area contributed by atoms with Gasteiger partial charge in [-0.2, -0.15) is 5.10 Å². The fourth-order valence-corrected chi connectivity index (χ4v) is 1.99. The van der Waals surface area contributed by atoms with Crippen LogP contribution in [0.5, 0.6) is 5.88 Å². The molecule has 0 fully saturated rings. The number of pyridine rings is 1. The Kier molecular flexibility index (Phi) is 2.98. The van der Waals surface area contributed by atoms with Gasteiger partial charge in [0.25, 0.3) is 0 Å². The lowest BCUT2D eigenvalue weighted by Crippen LogP contribution is -2.08. The average molecular weight is 270 g/mol. The monoisotopic (exact) mass is 270 g/mol. The van der Waals surface area contributed by atoms with Crippen molar-refractivity contribution >= 4 is 10.8 Å². The van der Waals surface area contributed by atoms with E-state index in [2.05, 4.69) is 20.2 Å². The van der Waals surface area contributed by atoms with E-state index in [1.165, 1.54) is 0 Å². The van der Waals surface area contributed by atoms with Crippen LogP contribution in [-0.4, -0.2) is 26.3 Å². The van der Waals surface area contributed by atoms with Crippen molar-refractivity contribution in [2.75, 3.05) is 0 Å². The van der Waals surface area contributed by atoms with Crippen molar-refractivity contribution in [2.45, 2.75) is 20.0 Å². The number of fused-ring (bicyclic) bond motifs is 1. The summed E-state index contributed by atoms with van der Waals surface area (Å²) in [6, 6.07) is 9.68. The number of nitrogens with zero attached hydrogens (tertiary/aromatic N) is 2. The molecule has 3 aromatic rings. The topological polar surface area (TPSA) is 83.7 Å². The quantitative estimate of drug-likeness (QED) is 0.763. The van der Waals surface area contributed by atoms with Crippen molar-refractivity contribution in [3.05, 3.63) is 40.8 Å². The zero-order valence-corrected chi connectivity index (χ0v) is 11.2. The molecule has 3 rings (SSSR count). The third-order valence-electron chi connectivity index (χ3n) is 2.80. The molecular formula is C14H14N4O2. The Bertz CT molecular complexity index is 804. The highest BCUT2D eigenvalue weighted by Crippen LogP contribution is 2.28. The third-order valence-corrected chi connectivity index (χ3v) is 2.80. The minimum atomic E-state index is -0.360. The van der Waals surface area contributed by atoms with Crippen LogP contribution in [0.15, 0.2) is 35.1 Å². The molecule has 6 heteroatoms. The lowest BCUT2D eigenvalue weighted by atomic mass is 10.1. The molecule has 2 heterocycles. The number of hydrogen-bond donors (Lipinski definition) is 2. The highest BCUT2D eigenvalue weighted by molar-refractivity contribution is 5.89. The second kappa shape index (κ2) is 4.80. The molecule has 0 spiro atoms. The number of rotatable bonds is 3. The Hall–Kier alpha value is -2.63. The van der Waals surface area contributed by atoms with Crippen LogP contribution in [0.4, 0.5) is 0 Å². The van der Waals surface area contributed by atoms with Gasteiger partial charge in [0.05, 0.1) is 6.10 Å². The Morgan fingerprint density at radius 1 is 1.25 bits per heavy atom. The standard InChI is InChI=1S/C14H14N4O2/c1-8(2)20-13-10-6-4-3-5-9(10)7-11(15-13)12-16-14(19)18-17-12/h3-8H,1-2H3,(H2,16,17,18,19). The summed E-state index contributed by atoms with van der Waals surface area (Å²) in [4.78, 5) is 18.2. The molecule has 0 atom stereocenters. The zero-order chi connectivity index (χ0) is 14.1. The first-order valence-corrected chi connectivity index (χ1v) is 6.35. The van der Waals surface area contributed by atoms with E-state index in [0.29, 0.717) is 17.4 Å². The molecule has 20 heavy (non-hydrogen) atoms. The maximum absolute atomic E-state index is 11.2. The van der Waals surface area contributed by atoms with Crippen molar-refractivity contribution < 1.29 is 4.74 Å². The van der Waals surface area contributed by atoms with E-state index >= 15 is 0 Å². The van der Waals surface area contributed by atoms with Crippen LogP contribution in [0.2, 0.25) is 0 Å². The maximum Gasteiger partial charge on any atom is 0.340 e. The van der Waals surface area contributed by atoms with Crippen LogP contribution < -0.4 is 10.4 Å². The van der Waals surface area contributed by atoms with E-state index in [1.54, 1.807) is 0 Å². The number of hydrogen-bond acceptors (Lipinski definition) is 4. The highest BCUT2D eigenvalue weighted by atomic mass is 16.5. The molecule has 102 valence electrons. The first kappa shape index (κ1) is 12.4. The number of aromatic nitrogens is 4. The van der Waals surface area contributed by atoms with Crippen LogP contribution in [0, 0.1) is 0 Å². The third kappa shape index (κ3) is 2.27. The zero-order valence-electron chi connectivity index (χ0n) is 11.2. The molecule has 2 aromatic heterocycles. The first-order valence-electron chi connectivity index (χ1n) is 6.35. The fourth-order valence-electron chi connectivity index (χ4n) is 1.99. The molecule has 0 aliphatic rings. The molecule has 0 saturated heterocycles. The van der Waals surface area contributed by atoms with E-state index in [-0.39, 0.29) is 11.8 Å². The van der Waals surface area contributed by atoms with Gasteiger partial charge in [-0.05, 0) is 31.4 Å². The van der Waals surface area contributed by atoms with Gasteiger partial charge >= 0.3 is 5.69 Å². The Morgan fingerprint density at radius 3 is 2.75 bits per heavy atom. The summed E-state index contributed by atoms with van der Waals surface area (Å²) in [6.07, 6.45) is 0.0133. The molecule has 6 nitrogen and oxygen atoms in total. The highest BCUT2D eigenvalue weighted by Gasteiger charge is 2.12.